The number of rotatable bonds is 5. The molecule has 4 N–H and O–H groups in total. The highest BCUT2D eigenvalue weighted by Crippen LogP contribution is 2.10. The molecule has 0 aliphatic carbocycles. The van der Waals surface area contributed by atoms with Gasteiger partial charge in [-0.05, 0) is 55.3 Å². The molecule has 3 rings (SSSR count). The Bertz CT molecular complexity index is 1250. The van der Waals surface area contributed by atoms with Gasteiger partial charge >= 0.3 is 0 Å². The van der Waals surface area contributed by atoms with E-state index in [1.54, 1.807) is 37.4 Å². The van der Waals surface area contributed by atoms with Crippen LogP contribution in [0.15, 0.2) is 51.7 Å². The molecule has 1 saturated heterocycles. The third-order valence-electron chi connectivity index (χ3n) is 4.58. The monoisotopic (exact) mass is 618 g/mol. The summed E-state index contributed by atoms with van der Waals surface area (Å²) in [6.45, 7) is 6.36. The van der Waals surface area contributed by atoms with Crippen molar-refractivity contribution in [1.82, 2.24) is 14.9 Å². The van der Waals surface area contributed by atoms with Crippen LogP contribution in [0.3, 0.4) is 0 Å². The molecule has 11 nitrogen and oxygen atoms in total. The van der Waals surface area contributed by atoms with Crippen molar-refractivity contribution in [2.45, 2.75) is 52.9 Å². The van der Waals surface area contributed by atoms with Crippen molar-refractivity contribution >= 4 is 43.1 Å². The Balaban J connectivity index is -0.000000454. The maximum Gasteiger partial charge on any atom is 0.258 e. The van der Waals surface area contributed by atoms with Crippen LogP contribution in [0.5, 0.6) is 0 Å². The molecule has 0 saturated carbocycles. The minimum atomic E-state index is -3.03. The molecular weight excluding hydrogens is 573 g/mol. The first-order valence-corrected chi connectivity index (χ1v) is 16.3. The van der Waals surface area contributed by atoms with Crippen molar-refractivity contribution < 1.29 is 21.6 Å². The predicted octanol–water partition coefficient (Wildman–Crippen LogP) is 3.60. The van der Waals surface area contributed by atoms with Crippen molar-refractivity contribution in [3.8, 4) is 6.19 Å². The quantitative estimate of drug-likeness (QED) is 0.197. The summed E-state index contributed by atoms with van der Waals surface area (Å²) in [6.07, 6.45) is 7.48. The second-order valence-corrected chi connectivity index (χ2v) is 12.9. The van der Waals surface area contributed by atoms with Gasteiger partial charge in [0.2, 0.25) is 16.0 Å². The fourth-order valence-corrected chi connectivity index (χ4v) is 4.69. The van der Waals surface area contributed by atoms with Gasteiger partial charge < -0.3 is 10.6 Å². The lowest BCUT2D eigenvalue weighted by molar-refractivity contribution is 0.100. The van der Waals surface area contributed by atoms with Gasteiger partial charge in [0.1, 0.15) is 0 Å². The Kier molecular flexibility index (Phi) is 22.6. The topological polar surface area (TPSA) is 175 Å². The third kappa shape index (κ3) is 20.0. The number of amides is 1. The van der Waals surface area contributed by atoms with Crippen LogP contribution in [0.1, 0.15) is 56.3 Å². The van der Waals surface area contributed by atoms with Crippen LogP contribution in [0.25, 0.3) is 0 Å². The number of nitrogens with one attached hydrogen (secondary N) is 2. The molecule has 0 radical (unpaired) electrons. The van der Waals surface area contributed by atoms with E-state index in [9.17, 15) is 21.6 Å². The number of carbonyl (C=O) groups excluding carboxylic acids is 1. The first kappa shape index (κ1) is 41.5. The number of sulfone groups is 1. The number of aryl methyl sites for hydroxylation is 1. The summed E-state index contributed by atoms with van der Waals surface area (Å²) in [5.41, 5.74) is 5.90. The lowest BCUT2D eigenvalue weighted by Gasteiger charge is -2.16. The van der Waals surface area contributed by atoms with Gasteiger partial charge in [0, 0.05) is 32.9 Å². The summed E-state index contributed by atoms with van der Waals surface area (Å²) >= 11 is 1.36. The van der Waals surface area contributed by atoms with Crippen LogP contribution in [0.4, 0.5) is 0 Å². The number of sulfonamides is 1. The molecule has 0 atom stereocenters. The standard InChI is InChI=1S/C8H10O2S.C7H12N4.C5H5NOS.C4H11NO2S.2CH4/c1-7-4-3-5-8(6-7)11(2,9)10;1-9-7(10-6-8)11-4-2-3-5-11;6-5(7)4-2-1-3-8-4;1-3-4-5-8(2,6)7;;/h3-6H,1-2H3;2-5H2,1H3,(H,9,10);1-3H,(H2,6,7);5H,3-4H2,1-2H3;2*1H4. The lowest BCUT2D eigenvalue weighted by atomic mass is 10.2. The Morgan fingerprint density at radius 1 is 1.12 bits per heavy atom. The molecule has 14 heteroatoms. The molecule has 1 aliphatic rings. The number of carbonyl (C=O) groups is 1. The van der Waals surface area contributed by atoms with E-state index in [2.05, 4.69) is 19.9 Å². The number of nitrogens with zero attached hydrogens (tertiary/aromatic N) is 3. The highest BCUT2D eigenvalue weighted by atomic mass is 32.2. The molecule has 0 bridgehead atoms. The number of nitrogens with two attached hydrogens (primary N) is 1. The summed E-state index contributed by atoms with van der Waals surface area (Å²) in [6, 6.07) is 10.4. The summed E-state index contributed by atoms with van der Waals surface area (Å²) in [5.74, 6) is 0.352. The first-order valence-electron chi connectivity index (χ1n) is 11.7. The molecule has 0 unspecified atom stereocenters. The number of hydrogen-bond donors (Lipinski definition) is 3. The minimum absolute atomic E-state index is 0. The second-order valence-electron chi connectivity index (χ2n) is 8.07. The highest BCUT2D eigenvalue weighted by molar-refractivity contribution is 7.90. The van der Waals surface area contributed by atoms with Gasteiger partial charge in [0.05, 0.1) is 16.0 Å². The highest BCUT2D eigenvalue weighted by Gasteiger charge is 2.14. The summed E-state index contributed by atoms with van der Waals surface area (Å²) in [7, 11) is -4.27. The average Bonchev–Trinajstić information content (AvgIpc) is 3.56. The van der Waals surface area contributed by atoms with Gasteiger partial charge in [0.25, 0.3) is 5.91 Å². The van der Waals surface area contributed by atoms with Crippen LogP contribution in [-0.4, -0.2) is 72.8 Å². The Labute approximate surface area is 245 Å². The van der Waals surface area contributed by atoms with E-state index in [1.807, 2.05) is 31.5 Å². The van der Waals surface area contributed by atoms with Gasteiger partial charge in [-0.25, -0.2) is 21.6 Å². The van der Waals surface area contributed by atoms with Gasteiger partial charge in [-0.3, -0.25) is 15.1 Å². The van der Waals surface area contributed by atoms with Crippen LogP contribution in [0, 0.1) is 18.4 Å². The van der Waals surface area contributed by atoms with E-state index in [-0.39, 0.29) is 20.8 Å². The molecule has 1 fully saturated rings. The number of aliphatic imine (C=N–C) groups is 1. The van der Waals surface area contributed by atoms with Crippen LogP contribution in [0.2, 0.25) is 0 Å². The summed E-state index contributed by atoms with van der Waals surface area (Å²) in [5, 5.41) is 12.7. The third-order valence-corrected chi connectivity index (χ3v) is 7.30. The predicted molar refractivity (Wildman–Crippen MR) is 167 cm³/mol. The van der Waals surface area contributed by atoms with E-state index in [1.165, 1.54) is 30.4 Å². The molecule has 1 aromatic carbocycles. The van der Waals surface area contributed by atoms with Crippen molar-refractivity contribution in [2.75, 3.05) is 39.2 Å². The average molecular weight is 619 g/mol. The molecule has 2 heterocycles. The van der Waals surface area contributed by atoms with Crippen LogP contribution >= 0.6 is 11.3 Å². The number of nitriles is 1. The molecule has 1 amide bonds. The molecule has 1 aromatic heterocycles. The van der Waals surface area contributed by atoms with E-state index in [4.69, 9.17) is 11.0 Å². The molecule has 228 valence electrons. The number of benzene rings is 1. The molecule has 2 aromatic rings. The Hall–Kier alpha value is -2.99. The zero-order valence-electron chi connectivity index (χ0n) is 22.5. The van der Waals surface area contributed by atoms with Crippen molar-refractivity contribution in [1.29, 1.82) is 5.26 Å². The van der Waals surface area contributed by atoms with E-state index >= 15 is 0 Å². The smallest absolute Gasteiger partial charge is 0.258 e. The van der Waals surface area contributed by atoms with Crippen LogP contribution in [-0.2, 0) is 19.9 Å². The molecule has 1 aliphatic heterocycles. The SMILES string of the molecule is C.C.CCCNS(C)(=O)=O.CN=C(NC#N)N1CCCC1.Cc1cccc(S(C)(=O)=O)c1.NC(=O)c1cccs1. The fourth-order valence-electron chi connectivity index (χ4n) is 2.81. The first-order chi connectivity index (χ1) is 17.7. The lowest BCUT2D eigenvalue weighted by Crippen LogP contribution is -2.36. The number of hydrogen-bond acceptors (Lipinski definition) is 8. The maximum absolute atomic E-state index is 11.0. The normalized spacial score (nSPS) is 12.3. The van der Waals surface area contributed by atoms with Gasteiger partial charge in [-0.2, -0.15) is 5.26 Å². The van der Waals surface area contributed by atoms with Crippen molar-refractivity contribution in [3.05, 3.63) is 52.2 Å². The van der Waals surface area contributed by atoms with Gasteiger partial charge in [0.15, 0.2) is 16.0 Å². The van der Waals surface area contributed by atoms with E-state index < -0.39 is 19.9 Å². The zero-order valence-corrected chi connectivity index (χ0v) is 24.9. The maximum atomic E-state index is 11.0. The molecule has 0 spiro atoms. The van der Waals surface area contributed by atoms with Crippen LogP contribution < -0.4 is 15.8 Å². The summed E-state index contributed by atoms with van der Waals surface area (Å²) in [4.78, 5) is 17.4. The number of guanidine groups is 1. The van der Waals surface area contributed by atoms with Gasteiger partial charge in [-0.15, -0.1) is 11.3 Å². The Morgan fingerprint density at radius 3 is 2.02 bits per heavy atom. The number of thiophene rings is 1. The number of likely N-dealkylation sites (tertiary alicyclic amines) is 1. The van der Waals surface area contributed by atoms with Crippen molar-refractivity contribution in [2.24, 2.45) is 10.7 Å². The number of primary amides is 1. The van der Waals surface area contributed by atoms with Gasteiger partial charge in [-0.1, -0.05) is 40.0 Å². The minimum Gasteiger partial charge on any atom is -0.365 e. The van der Waals surface area contributed by atoms with E-state index in [0.29, 0.717) is 22.3 Å². The fraction of sp³-hybridized carbons (Fsp3) is 0.500. The largest absolute Gasteiger partial charge is 0.365 e. The molecular formula is C26H46N6O5S3. The zero-order chi connectivity index (χ0) is 29.2. The Morgan fingerprint density at radius 2 is 1.73 bits per heavy atom. The molecule has 40 heavy (non-hydrogen) atoms. The second kappa shape index (κ2) is 21.8. The van der Waals surface area contributed by atoms with Crippen molar-refractivity contribution in [3.63, 3.8) is 0 Å². The summed E-state index contributed by atoms with van der Waals surface area (Å²) < 4.78 is 44.9. The van der Waals surface area contributed by atoms with E-state index in [0.717, 1.165) is 31.3 Å².